The maximum absolute atomic E-state index is 12.3. The number of hydrogen-bond acceptors (Lipinski definition) is 16. The van der Waals surface area contributed by atoms with Gasteiger partial charge in [-0.15, -0.1) is 0 Å². The van der Waals surface area contributed by atoms with E-state index in [9.17, 15) is 24.9 Å². The molecule has 310 valence electrons. The molecule has 17 heteroatoms. The summed E-state index contributed by atoms with van der Waals surface area (Å²) in [4.78, 5) is 30.1. The van der Waals surface area contributed by atoms with Gasteiger partial charge in [0.15, 0.2) is 17.6 Å². The number of carbonyl (C=O) groups is 2. The number of ether oxygens (including phenoxy) is 7. The Kier molecular flexibility index (Phi) is 10.2. The van der Waals surface area contributed by atoms with Gasteiger partial charge in [-0.05, 0) is 34.9 Å². The van der Waals surface area contributed by atoms with Crippen LogP contribution >= 0.6 is 0 Å². The third-order valence-electron chi connectivity index (χ3n) is 11.5. The van der Waals surface area contributed by atoms with Crippen molar-refractivity contribution in [3.8, 4) is 28.7 Å². The second-order valence-electron chi connectivity index (χ2n) is 15.4. The van der Waals surface area contributed by atoms with Crippen molar-refractivity contribution in [1.29, 1.82) is 0 Å². The number of carboxylic acids is 1. The Morgan fingerprint density at radius 2 is 1.80 bits per heavy atom. The predicted octanol–water partition coefficient (Wildman–Crippen LogP) is 1.34. The second kappa shape index (κ2) is 15.5. The van der Waals surface area contributed by atoms with E-state index in [2.05, 4.69) is 34.2 Å². The van der Waals surface area contributed by atoms with Crippen LogP contribution in [0.3, 0.4) is 0 Å². The summed E-state index contributed by atoms with van der Waals surface area (Å²) in [6.45, 7) is 1.40. The van der Waals surface area contributed by atoms with E-state index in [1.807, 2.05) is 24.4 Å². The molecule has 0 spiro atoms. The SMILES string of the molecule is COc1c2ccc3c1O[C@H]1c4c(CN5C=C6N=CC=C6C5)cc(O[C@@H]5O[C@H]([C@H](OC(=O)CC(=O)O)C(N)N)[C@@H](O)[C@H](O)[C@H]5O)cc4O[C@@H](Cc4ccc(cc4)CCO2)[C@@H]31. The van der Waals surface area contributed by atoms with Crippen LogP contribution in [-0.2, 0) is 38.4 Å². The smallest absolute Gasteiger partial charge is 0.317 e. The molecule has 9 heterocycles. The molecule has 3 aromatic carbocycles. The summed E-state index contributed by atoms with van der Waals surface area (Å²) in [5.74, 6) is -0.684. The van der Waals surface area contributed by atoms with Gasteiger partial charge in [0.2, 0.25) is 12.0 Å². The van der Waals surface area contributed by atoms with E-state index in [-0.39, 0.29) is 11.7 Å². The first-order chi connectivity index (χ1) is 28.4. The van der Waals surface area contributed by atoms with Crippen LogP contribution in [0, 0.1) is 0 Å². The Morgan fingerprint density at radius 1 is 1.00 bits per heavy atom. The number of hydrogen-bond donors (Lipinski definition) is 6. The molecule has 9 atom stereocenters. The normalized spacial score (nSPS) is 27.7. The van der Waals surface area contributed by atoms with Crippen molar-refractivity contribution in [2.75, 3.05) is 20.3 Å². The van der Waals surface area contributed by atoms with Gasteiger partial charge in [-0.1, -0.05) is 30.3 Å². The molecule has 9 aliphatic rings. The number of aliphatic imine (C=N–C) groups is 1. The highest BCUT2D eigenvalue weighted by Gasteiger charge is 2.52. The van der Waals surface area contributed by atoms with Crippen molar-refractivity contribution in [2.24, 2.45) is 16.5 Å². The molecule has 6 bridgehead atoms. The van der Waals surface area contributed by atoms with Gasteiger partial charge in [0.25, 0.3) is 0 Å². The topological polar surface area (TPSA) is 247 Å². The maximum atomic E-state index is 12.3. The molecule has 3 aromatic rings. The largest absolute Gasteiger partial charge is 0.490 e. The average molecular weight is 813 g/mol. The summed E-state index contributed by atoms with van der Waals surface area (Å²) < 4.78 is 43.6. The molecule has 1 saturated heterocycles. The first kappa shape index (κ1) is 38.8. The molecule has 0 unspecified atom stereocenters. The predicted molar refractivity (Wildman–Crippen MR) is 206 cm³/mol. The van der Waals surface area contributed by atoms with Crippen molar-refractivity contribution < 1.29 is 63.2 Å². The molecule has 0 aliphatic carbocycles. The summed E-state index contributed by atoms with van der Waals surface area (Å²) >= 11 is 0. The van der Waals surface area contributed by atoms with Gasteiger partial charge in [-0.2, -0.15) is 0 Å². The van der Waals surface area contributed by atoms with Gasteiger partial charge < -0.3 is 70.0 Å². The van der Waals surface area contributed by atoms with E-state index in [1.165, 1.54) is 0 Å². The molecule has 9 aliphatic heterocycles. The maximum Gasteiger partial charge on any atom is 0.317 e. The average Bonchev–Trinajstić information content (AvgIpc) is 3.91. The summed E-state index contributed by atoms with van der Waals surface area (Å²) in [7, 11) is 1.59. The number of carbonyl (C=O) groups excluding carboxylic acids is 1. The molecule has 0 aromatic heterocycles. The van der Waals surface area contributed by atoms with Crippen LogP contribution in [-0.4, -0.2) is 113 Å². The lowest BCUT2D eigenvalue weighted by molar-refractivity contribution is -0.291. The Hall–Kier alpha value is -5.69. The van der Waals surface area contributed by atoms with Crippen LogP contribution in [0.25, 0.3) is 0 Å². The van der Waals surface area contributed by atoms with Gasteiger partial charge in [0.1, 0.15) is 54.5 Å². The Balaban J connectivity index is 1.11. The van der Waals surface area contributed by atoms with E-state index < -0.39 is 73.5 Å². The number of allylic oxidation sites excluding steroid dienone is 1. The van der Waals surface area contributed by atoms with Gasteiger partial charge >= 0.3 is 11.9 Å². The van der Waals surface area contributed by atoms with E-state index in [1.54, 1.807) is 25.5 Å². The van der Waals surface area contributed by atoms with Crippen LogP contribution in [0.2, 0.25) is 0 Å². The van der Waals surface area contributed by atoms with Crippen LogP contribution in [0.5, 0.6) is 28.7 Å². The zero-order chi connectivity index (χ0) is 41.1. The van der Waals surface area contributed by atoms with Crippen molar-refractivity contribution in [1.82, 2.24) is 4.90 Å². The number of aliphatic hydroxyl groups is 3. The zero-order valence-electron chi connectivity index (χ0n) is 31.9. The lowest BCUT2D eigenvalue weighted by atomic mass is 9.80. The summed E-state index contributed by atoms with van der Waals surface area (Å²) in [5, 5.41) is 42.2. The Labute approximate surface area is 338 Å². The van der Waals surface area contributed by atoms with Crippen molar-refractivity contribution >= 4 is 18.2 Å². The number of aliphatic hydroxyl groups excluding tert-OH is 3. The van der Waals surface area contributed by atoms with Crippen LogP contribution in [0.15, 0.2) is 77.1 Å². The number of aliphatic carboxylic acids is 1. The lowest BCUT2D eigenvalue weighted by Gasteiger charge is -2.43. The van der Waals surface area contributed by atoms with Crippen molar-refractivity contribution in [3.63, 3.8) is 0 Å². The standard InChI is InChI=1S/C42H44N4O13/c1-53-37-26-7-6-24-32-27(12-20-4-2-19(3-5-20)9-11-54-26)56-28-14-23(13-22(31(28)38(32)58-36(24)37)17-46-16-21-8-10-45-25(21)18-46)55-42-35(52)33(50)34(51)39(59-42)40(41(43)44)57-30(49)15-29(47)48/h2-8,10,13-14,18,27,32-35,38-42,50-52H,9,11-12,15-17,43-44H2,1H3,(H,47,48)/t27-,32+,33-,34-,35+,38-,39-,40-,42+/m0/s1. The van der Waals surface area contributed by atoms with E-state index >= 15 is 0 Å². The molecule has 59 heavy (non-hydrogen) atoms. The van der Waals surface area contributed by atoms with E-state index in [0.717, 1.165) is 39.1 Å². The number of methoxy groups -OCH3 is 1. The number of nitrogens with zero attached hydrogens (tertiary/aromatic N) is 2. The fourth-order valence-corrected chi connectivity index (χ4v) is 8.72. The monoisotopic (exact) mass is 812 g/mol. The lowest BCUT2D eigenvalue weighted by Crippen LogP contribution is -2.66. The highest BCUT2D eigenvalue weighted by Crippen LogP contribution is 2.59. The van der Waals surface area contributed by atoms with Gasteiger partial charge in [0, 0.05) is 61.1 Å². The number of benzene rings is 3. The molecule has 8 N–H and O–H groups in total. The van der Waals surface area contributed by atoms with Crippen LogP contribution < -0.4 is 35.2 Å². The van der Waals surface area contributed by atoms with Crippen LogP contribution in [0.1, 0.15) is 46.3 Å². The highest BCUT2D eigenvalue weighted by molar-refractivity contribution is 5.90. The fourth-order valence-electron chi connectivity index (χ4n) is 8.72. The Bertz CT molecular complexity index is 2240. The number of rotatable bonds is 10. The minimum atomic E-state index is -1.88. The number of fused-ring (bicyclic) bond motifs is 3. The molecule has 12 rings (SSSR count). The summed E-state index contributed by atoms with van der Waals surface area (Å²) in [6.07, 6.45) is -6.99. The van der Waals surface area contributed by atoms with Gasteiger partial charge in [-0.25, -0.2) is 0 Å². The quantitative estimate of drug-likeness (QED) is 0.0961. The van der Waals surface area contributed by atoms with Crippen molar-refractivity contribution in [2.45, 2.75) is 86.9 Å². The molecule has 0 radical (unpaired) electrons. The van der Waals surface area contributed by atoms with E-state index in [0.29, 0.717) is 55.5 Å². The zero-order valence-corrected chi connectivity index (χ0v) is 31.9. The third kappa shape index (κ3) is 7.23. The Morgan fingerprint density at radius 3 is 2.54 bits per heavy atom. The first-order valence-electron chi connectivity index (χ1n) is 19.4. The van der Waals surface area contributed by atoms with Gasteiger partial charge in [0.05, 0.1) is 31.5 Å². The summed E-state index contributed by atoms with van der Waals surface area (Å²) in [6, 6.07) is 15.7. The summed E-state index contributed by atoms with van der Waals surface area (Å²) in [5.41, 5.74) is 18.3. The first-order valence-corrected chi connectivity index (χ1v) is 19.4. The minimum absolute atomic E-state index is 0.169. The fraction of sp³-hybridized carbons (Fsp3) is 0.405. The van der Waals surface area contributed by atoms with Gasteiger partial charge in [-0.3, -0.25) is 14.6 Å². The highest BCUT2D eigenvalue weighted by atomic mass is 16.7. The molecule has 17 nitrogen and oxygen atoms in total. The molecule has 0 amide bonds. The molecule has 0 saturated carbocycles. The molecular formula is C42H44N4O13. The third-order valence-corrected chi connectivity index (χ3v) is 11.5. The number of nitrogens with two attached hydrogens (primary N) is 2. The number of carboxylic acid groups (broad SMARTS) is 1. The molecular weight excluding hydrogens is 768 g/mol. The number of esters is 1. The molecule has 1 fully saturated rings. The van der Waals surface area contributed by atoms with Crippen molar-refractivity contribution in [3.05, 3.63) is 99.9 Å². The second-order valence-corrected chi connectivity index (χ2v) is 15.4. The van der Waals surface area contributed by atoms with E-state index in [4.69, 9.17) is 49.7 Å². The van der Waals surface area contributed by atoms with Crippen LogP contribution in [0.4, 0.5) is 0 Å². The minimum Gasteiger partial charge on any atom is -0.490 e.